The molecule has 0 aliphatic carbocycles. The molecule has 1 fully saturated rings. The number of aromatic nitrogens is 1. The minimum absolute atomic E-state index is 0.145. The van der Waals surface area contributed by atoms with Crippen LogP contribution in [0.25, 0.3) is 0 Å². The van der Waals surface area contributed by atoms with E-state index in [1.807, 2.05) is 0 Å². The van der Waals surface area contributed by atoms with Crippen LogP contribution in [0.15, 0.2) is 42.5 Å². The fraction of sp³-hybridized carbons (Fsp3) is 0.316. The van der Waals surface area contributed by atoms with Crippen LogP contribution < -0.4 is 5.32 Å². The first-order valence-electron chi connectivity index (χ1n) is 8.63. The van der Waals surface area contributed by atoms with E-state index in [0.717, 1.165) is 19.6 Å². The summed E-state index contributed by atoms with van der Waals surface area (Å²) in [5.74, 6) is -0.545. The third kappa shape index (κ3) is 4.20. The molecule has 7 heteroatoms. The van der Waals surface area contributed by atoms with Crippen molar-refractivity contribution in [3.05, 3.63) is 58.9 Å². The van der Waals surface area contributed by atoms with Crippen molar-refractivity contribution in [1.82, 2.24) is 14.8 Å². The molecule has 1 aliphatic rings. The lowest BCUT2D eigenvalue weighted by atomic mass is 10.2. The van der Waals surface area contributed by atoms with Gasteiger partial charge in [0, 0.05) is 26.2 Å². The molecule has 6 nitrogen and oxygen atoms in total. The van der Waals surface area contributed by atoms with Crippen molar-refractivity contribution in [2.75, 3.05) is 38.0 Å². The summed E-state index contributed by atoms with van der Waals surface area (Å²) < 4.78 is 0. The fourth-order valence-corrected chi connectivity index (χ4v) is 3.04. The number of amides is 2. The second-order valence-corrected chi connectivity index (χ2v) is 6.48. The Balaban J connectivity index is 1.71. The molecular weight excluding hydrogens is 352 g/mol. The van der Waals surface area contributed by atoms with Crippen molar-refractivity contribution in [2.24, 2.45) is 0 Å². The molecule has 0 bridgehead atoms. The number of nitrogens with one attached hydrogen (secondary N) is 1. The standard InChI is InChI=1S/C19H21ClN4O2/c1-2-23-10-12-24(13-11-23)19(26)17-9-5-8-16(21-17)18(25)22-15-7-4-3-6-14(15)20/h3-9H,2,10-13H2,1H3,(H,22,25). The van der Waals surface area contributed by atoms with Crippen LogP contribution in [-0.4, -0.2) is 59.3 Å². The van der Waals surface area contributed by atoms with Crippen molar-refractivity contribution in [3.8, 4) is 0 Å². The molecule has 3 rings (SSSR count). The second-order valence-electron chi connectivity index (χ2n) is 6.07. The molecule has 0 radical (unpaired) electrons. The minimum Gasteiger partial charge on any atom is -0.335 e. The number of piperazine rings is 1. The molecule has 0 saturated carbocycles. The molecule has 1 aliphatic heterocycles. The van der Waals surface area contributed by atoms with Crippen LogP contribution in [0.1, 0.15) is 27.9 Å². The van der Waals surface area contributed by atoms with Crippen molar-refractivity contribution < 1.29 is 9.59 Å². The monoisotopic (exact) mass is 372 g/mol. The van der Waals surface area contributed by atoms with E-state index < -0.39 is 5.91 Å². The maximum absolute atomic E-state index is 12.7. The molecule has 2 heterocycles. The van der Waals surface area contributed by atoms with Crippen LogP contribution in [0.3, 0.4) is 0 Å². The van der Waals surface area contributed by atoms with Crippen molar-refractivity contribution in [3.63, 3.8) is 0 Å². The third-order valence-corrected chi connectivity index (χ3v) is 4.76. The summed E-state index contributed by atoms with van der Waals surface area (Å²) in [4.78, 5) is 33.4. The highest BCUT2D eigenvalue weighted by Crippen LogP contribution is 2.21. The van der Waals surface area contributed by atoms with E-state index in [9.17, 15) is 9.59 Å². The first-order chi connectivity index (χ1) is 12.6. The molecule has 0 spiro atoms. The van der Waals surface area contributed by atoms with Gasteiger partial charge in [0.25, 0.3) is 11.8 Å². The Morgan fingerprint density at radius 1 is 1.04 bits per heavy atom. The van der Waals surface area contributed by atoms with E-state index in [1.54, 1.807) is 47.4 Å². The normalized spacial score (nSPS) is 14.9. The molecule has 1 aromatic heterocycles. The maximum atomic E-state index is 12.7. The number of likely N-dealkylation sites (N-methyl/N-ethyl adjacent to an activating group) is 1. The number of benzene rings is 1. The van der Waals surface area contributed by atoms with Gasteiger partial charge in [0.05, 0.1) is 10.7 Å². The average molecular weight is 373 g/mol. The van der Waals surface area contributed by atoms with E-state index in [2.05, 4.69) is 22.1 Å². The average Bonchev–Trinajstić information content (AvgIpc) is 2.69. The maximum Gasteiger partial charge on any atom is 0.274 e. The summed E-state index contributed by atoms with van der Waals surface area (Å²) in [5, 5.41) is 3.17. The minimum atomic E-state index is -0.399. The SMILES string of the molecule is CCN1CCN(C(=O)c2cccc(C(=O)Nc3ccccc3Cl)n2)CC1. The Hall–Kier alpha value is -2.44. The van der Waals surface area contributed by atoms with Gasteiger partial charge in [0.15, 0.2) is 0 Å². The molecule has 0 unspecified atom stereocenters. The number of anilines is 1. The van der Waals surface area contributed by atoms with Gasteiger partial charge in [-0.05, 0) is 30.8 Å². The lowest BCUT2D eigenvalue weighted by Crippen LogP contribution is -2.48. The lowest BCUT2D eigenvalue weighted by molar-refractivity contribution is 0.0637. The van der Waals surface area contributed by atoms with Crippen LogP contribution in [0.4, 0.5) is 5.69 Å². The Kier molecular flexibility index (Phi) is 5.85. The first kappa shape index (κ1) is 18.4. The van der Waals surface area contributed by atoms with Crippen LogP contribution in [-0.2, 0) is 0 Å². The highest BCUT2D eigenvalue weighted by molar-refractivity contribution is 6.33. The zero-order valence-corrected chi connectivity index (χ0v) is 15.4. The number of carbonyl (C=O) groups is 2. The van der Waals surface area contributed by atoms with Gasteiger partial charge in [-0.3, -0.25) is 9.59 Å². The van der Waals surface area contributed by atoms with E-state index in [1.165, 1.54) is 0 Å². The Morgan fingerprint density at radius 3 is 2.42 bits per heavy atom. The number of rotatable bonds is 4. The molecule has 1 aromatic carbocycles. The van der Waals surface area contributed by atoms with Gasteiger partial charge in [0.1, 0.15) is 11.4 Å². The lowest BCUT2D eigenvalue weighted by Gasteiger charge is -2.33. The molecule has 136 valence electrons. The van der Waals surface area contributed by atoms with Gasteiger partial charge in [-0.25, -0.2) is 4.98 Å². The molecular formula is C19H21ClN4O2. The van der Waals surface area contributed by atoms with E-state index in [-0.39, 0.29) is 17.3 Å². The van der Waals surface area contributed by atoms with Crippen LogP contribution >= 0.6 is 11.6 Å². The van der Waals surface area contributed by atoms with Crippen molar-refractivity contribution >= 4 is 29.1 Å². The number of hydrogen-bond donors (Lipinski definition) is 1. The summed E-state index contributed by atoms with van der Waals surface area (Å²) in [7, 11) is 0. The Morgan fingerprint density at radius 2 is 1.73 bits per heavy atom. The number of pyridine rings is 1. The summed E-state index contributed by atoms with van der Waals surface area (Å²) in [6, 6.07) is 11.9. The zero-order chi connectivity index (χ0) is 18.5. The van der Waals surface area contributed by atoms with Gasteiger partial charge >= 0.3 is 0 Å². The van der Waals surface area contributed by atoms with E-state index >= 15 is 0 Å². The van der Waals surface area contributed by atoms with E-state index in [4.69, 9.17) is 11.6 Å². The van der Waals surface area contributed by atoms with Gasteiger partial charge in [0.2, 0.25) is 0 Å². The zero-order valence-electron chi connectivity index (χ0n) is 14.6. The van der Waals surface area contributed by atoms with Gasteiger partial charge in [-0.15, -0.1) is 0 Å². The predicted octanol–water partition coefficient (Wildman–Crippen LogP) is 2.77. The number of carbonyl (C=O) groups excluding carboxylic acids is 2. The molecule has 1 N–H and O–H groups in total. The molecule has 2 amide bonds. The molecule has 0 atom stereocenters. The number of nitrogens with zero attached hydrogens (tertiary/aromatic N) is 3. The second kappa shape index (κ2) is 8.29. The molecule has 2 aromatic rings. The van der Waals surface area contributed by atoms with Gasteiger partial charge in [-0.1, -0.05) is 36.7 Å². The quantitative estimate of drug-likeness (QED) is 0.896. The fourth-order valence-electron chi connectivity index (χ4n) is 2.86. The summed E-state index contributed by atoms with van der Waals surface area (Å²) in [5.41, 5.74) is 0.970. The Labute approximate surface area is 157 Å². The largest absolute Gasteiger partial charge is 0.335 e. The first-order valence-corrected chi connectivity index (χ1v) is 9.01. The van der Waals surface area contributed by atoms with Crippen molar-refractivity contribution in [2.45, 2.75) is 6.92 Å². The van der Waals surface area contributed by atoms with Crippen LogP contribution in [0.5, 0.6) is 0 Å². The summed E-state index contributed by atoms with van der Waals surface area (Å²) in [6.45, 7) is 6.15. The smallest absolute Gasteiger partial charge is 0.274 e. The third-order valence-electron chi connectivity index (χ3n) is 4.43. The highest BCUT2D eigenvalue weighted by Gasteiger charge is 2.23. The number of hydrogen-bond acceptors (Lipinski definition) is 4. The van der Waals surface area contributed by atoms with Gasteiger partial charge < -0.3 is 15.1 Å². The topological polar surface area (TPSA) is 65.5 Å². The van der Waals surface area contributed by atoms with Crippen LogP contribution in [0.2, 0.25) is 5.02 Å². The summed E-state index contributed by atoms with van der Waals surface area (Å²) in [6.07, 6.45) is 0. The van der Waals surface area contributed by atoms with Crippen LogP contribution in [0, 0.1) is 0 Å². The predicted molar refractivity (Wildman–Crippen MR) is 102 cm³/mol. The highest BCUT2D eigenvalue weighted by atomic mass is 35.5. The van der Waals surface area contributed by atoms with E-state index in [0.29, 0.717) is 23.8 Å². The van der Waals surface area contributed by atoms with Gasteiger partial charge in [-0.2, -0.15) is 0 Å². The number of para-hydroxylation sites is 1. The molecule has 1 saturated heterocycles. The van der Waals surface area contributed by atoms with Crippen molar-refractivity contribution in [1.29, 1.82) is 0 Å². The number of halogens is 1. The molecule has 26 heavy (non-hydrogen) atoms. The Bertz CT molecular complexity index is 804. The summed E-state index contributed by atoms with van der Waals surface area (Å²) >= 11 is 6.06.